The zero-order valence-corrected chi connectivity index (χ0v) is 34.8. The second kappa shape index (κ2) is 19.5. The van der Waals surface area contributed by atoms with Gasteiger partial charge in [0.15, 0.2) is 5.60 Å². The number of nitrogens with one attached hydrogen (secondary N) is 5. The first-order valence-electron chi connectivity index (χ1n) is 20.3. The number of amides is 7. The Morgan fingerprint density at radius 1 is 0.921 bits per heavy atom. The van der Waals surface area contributed by atoms with Crippen molar-refractivity contribution in [1.29, 1.82) is 0 Å². The molecule has 3 aliphatic rings. The van der Waals surface area contributed by atoms with E-state index in [0.717, 1.165) is 4.90 Å². The molecule has 1 aromatic carbocycles. The predicted molar refractivity (Wildman–Crippen MR) is 218 cm³/mol. The average Bonchev–Trinajstić information content (AvgIpc) is 3.78. The Balaban J connectivity index is 0.922. The van der Waals surface area contributed by atoms with Crippen LogP contribution in [-0.4, -0.2) is 106 Å². The summed E-state index contributed by atoms with van der Waals surface area (Å²) in [6, 6.07) is 3.43. The van der Waals surface area contributed by atoms with E-state index in [1.165, 1.54) is 35.8 Å². The van der Waals surface area contributed by atoms with Crippen molar-refractivity contribution >= 4 is 58.2 Å². The molecule has 0 unspecified atom stereocenters. The lowest BCUT2D eigenvalue weighted by Gasteiger charge is -2.31. The monoisotopic (exact) mass is 874 g/mol. The standard InChI is InChI=1S/C42H47FN8O12/c1-4-42(61)28-13-31-38-26(18-51(31)40(59)27(28)19-63-41(42)60)25(24-12-22(2)29(43)14-30(24)49-38)15-44-35(55)20-62-21-47-34(54)16-45-33(53)17-46-39(58)23(3)48-32(52)8-6-5-7-11-50-36(56)9-10-37(50)57/h9-10,12-14,23,61H,4-8,11,15-21H2,1-3H3,(H,44,55)(H,45,53)(H,46,58)(H,47,54)(H,48,52)/t23-,42-/m0/s1. The molecule has 0 fully saturated rings. The van der Waals surface area contributed by atoms with E-state index in [9.17, 15) is 52.6 Å². The summed E-state index contributed by atoms with van der Waals surface area (Å²) in [7, 11) is 0. The number of imide groups is 1. The first-order valence-corrected chi connectivity index (χ1v) is 20.3. The molecule has 0 bridgehead atoms. The SMILES string of the molecule is CC[C@@]1(O)C(=O)OCc2c1cc1n(c2=O)Cc2c-1nc1cc(F)c(C)cc1c2CNC(=O)COCNC(=O)CNC(=O)CNC(=O)[C@H](C)NC(=O)CCCCCN1C(=O)C=CC1=O. The van der Waals surface area contributed by atoms with Crippen molar-refractivity contribution in [1.82, 2.24) is 41.0 Å². The van der Waals surface area contributed by atoms with Gasteiger partial charge >= 0.3 is 5.97 Å². The van der Waals surface area contributed by atoms with Crippen molar-refractivity contribution in [2.45, 2.75) is 84.2 Å². The number of aliphatic hydroxyl groups is 1. The zero-order valence-electron chi connectivity index (χ0n) is 34.8. The van der Waals surface area contributed by atoms with Gasteiger partial charge in [0.25, 0.3) is 17.4 Å². The highest BCUT2D eigenvalue weighted by molar-refractivity contribution is 6.12. The first-order chi connectivity index (χ1) is 30.0. The topological polar surface area (TPSA) is 274 Å². The Kier molecular flexibility index (Phi) is 14.1. The van der Waals surface area contributed by atoms with E-state index < -0.39 is 79.0 Å². The van der Waals surface area contributed by atoms with E-state index in [-0.39, 0.29) is 73.4 Å². The van der Waals surface area contributed by atoms with Gasteiger partial charge in [-0.2, -0.15) is 0 Å². The van der Waals surface area contributed by atoms with Crippen molar-refractivity contribution in [2.24, 2.45) is 0 Å². The van der Waals surface area contributed by atoms with Crippen molar-refractivity contribution < 1.29 is 57.3 Å². The van der Waals surface area contributed by atoms with Gasteiger partial charge in [0, 0.05) is 54.2 Å². The molecule has 2 aromatic heterocycles. The summed E-state index contributed by atoms with van der Waals surface area (Å²) in [5.41, 5.74) is 0.0829. The number of hydrogen-bond donors (Lipinski definition) is 6. The fourth-order valence-electron chi connectivity index (χ4n) is 7.39. The Labute approximate surface area is 358 Å². The summed E-state index contributed by atoms with van der Waals surface area (Å²) in [5, 5.41) is 24.1. The Bertz CT molecular complexity index is 2490. The number of cyclic esters (lactones) is 1. The van der Waals surface area contributed by atoms with Gasteiger partial charge < -0.3 is 45.7 Å². The molecule has 63 heavy (non-hydrogen) atoms. The van der Waals surface area contributed by atoms with E-state index in [4.69, 9.17) is 9.47 Å². The van der Waals surface area contributed by atoms with Crippen LogP contribution in [0.25, 0.3) is 22.3 Å². The van der Waals surface area contributed by atoms with E-state index in [2.05, 4.69) is 31.6 Å². The number of nitrogens with zero attached hydrogens (tertiary/aromatic N) is 3. The minimum absolute atomic E-state index is 0.0417. The van der Waals surface area contributed by atoms with E-state index in [1.54, 1.807) is 19.9 Å². The number of halogens is 1. The second-order valence-electron chi connectivity index (χ2n) is 15.3. The highest BCUT2D eigenvalue weighted by atomic mass is 19.1. The third kappa shape index (κ3) is 10.1. The number of carbonyl (C=O) groups is 8. The number of ether oxygens (including phenoxy) is 2. The van der Waals surface area contributed by atoms with Crippen molar-refractivity contribution in [2.75, 3.05) is 33.0 Å². The third-order valence-corrected chi connectivity index (χ3v) is 11.0. The van der Waals surface area contributed by atoms with Crippen LogP contribution in [0.15, 0.2) is 35.1 Å². The number of unbranched alkanes of at least 4 members (excludes halogenated alkanes) is 2. The van der Waals surface area contributed by atoms with E-state index in [1.807, 2.05) is 0 Å². The van der Waals surface area contributed by atoms with Crippen LogP contribution in [0.2, 0.25) is 0 Å². The summed E-state index contributed by atoms with van der Waals surface area (Å²) in [6.45, 7) is 2.70. The van der Waals surface area contributed by atoms with Gasteiger partial charge in [-0.05, 0) is 56.4 Å². The van der Waals surface area contributed by atoms with Crippen LogP contribution in [-0.2, 0) is 73.1 Å². The Hall–Kier alpha value is -6.87. The van der Waals surface area contributed by atoms with Gasteiger partial charge in [0.1, 0.15) is 31.8 Å². The number of pyridine rings is 2. The molecule has 5 heterocycles. The molecule has 0 saturated heterocycles. The molecule has 21 heteroatoms. The molecule has 0 spiro atoms. The quantitative estimate of drug-likeness (QED) is 0.0299. The summed E-state index contributed by atoms with van der Waals surface area (Å²) in [4.78, 5) is 117. The highest BCUT2D eigenvalue weighted by Crippen LogP contribution is 2.40. The maximum Gasteiger partial charge on any atom is 0.343 e. The van der Waals surface area contributed by atoms with Crippen LogP contribution in [0.1, 0.15) is 73.8 Å². The number of hydrogen-bond acceptors (Lipinski definition) is 13. The molecule has 0 saturated carbocycles. The van der Waals surface area contributed by atoms with Crippen LogP contribution >= 0.6 is 0 Å². The summed E-state index contributed by atoms with van der Waals surface area (Å²) in [6.07, 6.45) is 4.07. The van der Waals surface area contributed by atoms with Crippen LogP contribution < -0.4 is 32.1 Å². The minimum Gasteiger partial charge on any atom is -0.458 e. The van der Waals surface area contributed by atoms with E-state index in [0.29, 0.717) is 52.7 Å². The molecule has 6 rings (SSSR count). The molecule has 0 aliphatic carbocycles. The van der Waals surface area contributed by atoms with Gasteiger partial charge in [0.05, 0.1) is 42.1 Å². The number of benzene rings is 1. The van der Waals surface area contributed by atoms with Crippen molar-refractivity contribution in [3.63, 3.8) is 0 Å². The lowest BCUT2D eigenvalue weighted by atomic mass is 9.86. The number of carbonyl (C=O) groups excluding carboxylic acids is 8. The molecule has 334 valence electrons. The smallest absolute Gasteiger partial charge is 0.343 e. The molecular weight excluding hydrogens is 828 g/mol. The number of aryl methyl sites for hydroxylation is 1. The number of esters is 1. The second-order valence-corrected chi connectivity index (χ2v) is 15.3. The van der Waals surface area contributed by atoms with Crippen LogP contribution in [0.5, 0.6) is 0 Å². The van der Waals surface area contributed by atoms with Gasteiger partial charge in [-0.1, -0.05) is 13.3 Å². The summed E-state index contributed by atoms with van der Waals surface area (Å²) >= 11 is 0. The van der Waals surface area contributed by atoms with Crippen molar-refractivity contribution in [3.05, 3.63) is 74.3 Å². The largest absolute Gasteiger partial charge is 0.458 e. The zero-order chi connectivity index (χ0) is 45.6. The molecule has 3 aromatic rings. The molecule has 6 N–H and O–H groups in total. The van der Waals surface area contributed by atoms with Crippen LogP contribution in [0.4, 0.5) is 4.39 Å². The molecule has 0 radical (unpaired) electrons. The maximum atomic E-state index is 14.8. The van der Waals surface area contributed by atoms with Crippen LogP contribution in [0.3, 0.4) is 0 Å². The fourth-order valence-corrected chi connectivity index (χ4v) is 7.39. The lowest BCUT2D eigenvalue weighted by molar-refractivity contribution is -0.172. The third-order valence-electron chi connectivity index (χ3n) is 11.0. The molecule has 7 amide bonds. The van der Waals surface area contributed by atoms with Gasteiger partial charge in [0.2, 0.25) is 29.5 Å². The van der Waals surface area contributed by atoms with Gasteiger partial charge in [-0.3, -0.25) is 43.3 Å². The Morgan fingerprint density at radius 3 is 2.37 bits per heavy atom. The summed E-state index contributed by atoms with van der Waals surface area (Å²) < 4.78 is 26.7. The number of rotatable bonds is 19. The first kappa shape index (κ1) is 45.7. The summed E-state index contributed by atoms with van der Waals surface area (Å²) in [5.74, 6) is -5.05. The highest BCUT2D eigenvalue weighted by Gasteiger charge is 2.45. The maximum absolute atomic E-state index is 14.8. The minimum atomic E-state index is -2.04. The lowest BCUT2D eigenvalue weighted by Crippen LogP contribution is -2.48. The van der Waals surface area contributed by atoms with Crippen LogP contribution in [0, 0.1) is 12.7 Å². The molecular formula is C42H47FN8O12. The fraction of sp³-hybridized carbons (Fsp3) is 0.429. The Morgan fingerprint density at radius 2 is 1.63 bits per heavy atom. The molecule has 3 aliphatic heterocycles. The van der Waals surface area contributed by atoms with Crippen molar-refractivity contribution in [3.8, 4) is 11.4 Å². The average molecular weight is 875 g/mol. The van der Waals surface area contributed by atoms with Gasteiger partial charge in [-0.15, -0.1) is 0 Å². The predicted octanol–water partition coefficient (Wildman–Crippen LogP) is -0.544. The van der Waals surface area contributed by atoms with Gasteiger partial charge in [-0.25, -0.2) is 14.2 Å². The normalized spacial score (nSPS) is 16.5. The molecule has 20 nitrogen and oxygen atoms in total. The number of fused-ring (bicyclic) bond motifs is 5. The van der Waals surface area contributed by atoms with E-state index >= 15 is 0 Å². The number of aromatic nitrogens is 2. The molecule has 2 atom stereocenters.